The number of aromatic nitrogens is 3. The highest BCUT2D eigenvalue weighted by Gasteiger charge is 2.10. The van der Waals surface area contributed by atoms with Crippen molar-refractivity contribution in [3.63, 3.8) is 0 Å². The number of thiazole rings is 1. The van der Waals surface area contributed by atoms with Crippen molar-refractivity contribution in [2.24, 2.45) is 0 Å². The van der Waals surface area contributed by atoms with E-state index in [0.29, 0.717) is 16.6 Å². The fourth-order valence-electron chi connectivity index (χ4n) is 2.60. The largest absolute Gasteiger partial charge is 0.478 e. The average molecular weight is 359 g/mol. The van der Waals surface area contributed by atoms with Gasteiger partial charge in [0.1, 0.15) is 5.01 Å². The molecule has 5 nitrogen and oxygen atoms in total. The molecule has 26 heavy (non-hydrogen) atoms. The molecule has 4 rings (SSSR count). The maximum Gasteiger partial charge on any atom is 0.336 e. The number of pyridine rings is 2. The van der Waals surface area contributed by atoms with Crippen LogP contribution in [-0.2, 0) is 0 Å². The Morgan fingerprint density at radius 1 is 1.00 bits per heavy atom. The van der Waals surface area contributed by atoms with Crippen molar-refractivity contribution in [3.05, 3.63) is 77.1 Å². The van der Waals surface area contributed by atoms with Gasteiger partial charge in [0, 0.05) is 17.0 Å². The molecule has 1 N–H and O–H groups in total. The van der Waals surface area contributed by atoms with E-state index in [9.17, 15) is 9.90 Å². The molecule has 0 aliphatic heterocycles. The molecule has 0 radical (unpaired) electrons. The number of benzene rings is 1. The summed E-state index contributed by atoms with van der Waals surface area (Å²) >= 11 is 1.51. The Balaban J connectivity index is 1.67. The van der Waals surface area contributed by atoms with Crippen LogP contribution in [0.15, 0.2) is 60.1 Å². The summed E-state index contributed by atoms with van der Waals surface area (Å²) in [4.78, 5) is 24.9. The summed E-state index contributed by atoms with van der Waals surface area (Å²) in [5.41, 5.74) is 3.08. The van der Waals surface area contributed by atoms with Crippen molar-refractivity contribution in [1.82, 2.24) is 15.0 Å². The lowest BCUT2D eigenvalue weighted by atomic mass is 10.1. The first-order valence-electron chi connectivity index (χ1n) is 7.89. The van der Waals surface area contributed by atoms with Gasteiger partial charge < -0.3 is 5.11 Å². The standard InChI is InChI=1S/C20H13N3O2S/c24-20(25)16-11-13(22-17-6-2-1-5-15(16)17)8-9-14-12-26-19(23-14)18-7-3-4-10-21-18/h1-12H,(H,24,25)/b9-8-. The van der Waals surface area contributed by atoms with Gasteiger partial charge in [0.25, 0.3) is 0 Å². The van der Waals surface area contributed by atoms with Crippen molar-refractivity contribution in [1.29, 1.82) is 0 Å². The number of nitrogens with zero attached hydrogens (tertiary/aromatic N) is 3. The minimum Gasteiger partial charge on any atom is -0.478 e. The Morgan fingerprint density at radius 3 is 2.62 bits per heavy atom. The summed E-state index contributed by atoms with van der Waals surface area (Å²) in [6.07, 6.45) is 5.33. The predicted molar refractivity (Wildman–Crippen MR) is 103 cm³/mol. The van der Waals surface area contributed by atoms with E-state index in [-0.39, 0.29) is 5.56 Å². The molecule has 126 valence electrons. The number of para-hydroxylation sites is 1. The zero-order valence-electron chi connectivity index (χ0n) is 13.5. The molecule has 0 aliphatic carbocycles. The van der Waals surface area contributed by atoms with Crippen LogP contribution in [0.4, 0.5) is 0 Å². The maximum atomic E-state index is 11.5. The minimum absolute atomic E-state index is 0.239. The molecule has 1 aromatic carbocycles. The minimum atomic E-state index is -0.968. The lowest BCUT2D eigenvalue weighted by Crippen LogP contribution is -2.00. The molecule has 3 heterocycles. The van der Waals surface area contributed by atoms with Gasteiger partial charge in [-0.05, 0) is 36.4 Å². The van der Waals surface area contributed by atoms with Gasteiger partial charge in [-0.15, -0.1) is 11.3 Å². The number of carboxylic acids is 1. The van der Waals surface area contributed by atoms with E-state index in [1.165, 1.54) is 11.3 Å². The summed E-state index contributed by atoms with van der Waals surface area (Å²) in [5.74, 6) is -0.968. The van der Waals surface area contributed by atoms with Crippen molar-refractivity contribution in [2.45, 2.75) is 0 Å². The van der Waals surface area contributed by atoms with Crippen LogP contribution >= 0.6 is 11.3 Å². The third-order valence-electron chi connectivity index (χ3n) is 3.80. The molecule has 0 bridgehead atoms. The Labute approximate surface area is 153 Å². The van der Waals surface area contributed by atoms with Gasteiger partial charge in [0.15, 0.2) is 0 Å². The second-order valence-corrected chi connectivity index (χ2v) is 6.40. The van der Waals surface area contributed by atoms with Gasteiger partial charge in [0.05, 0.1) is 28.2 Å². The average Bonchev–Trinajstić information content (AvgIpc) is 3.15. The molecule has 0 spiro atoms. The fraction of sp³-hybridized carbons (Fsp3) is 0. The normalized spacial score (nSPS) is 11.2. The first kappa shape index (κ1) is 16.1. The third kappa shape index (κ3) is 3.22. The van der Waals surface area contributed by atoms with Crippen LogP contribution in [0.3, 0.4) is 0 Å². The van der Waals surface area contributed by atoms with Crippen LogP contribution in [0.5, 0.6) is 0 Å². The smallest absolute Gasteiger partial charge is 0.336 e. The molecule has 0 fully saturated rings. The van der Waals surface area contributed by atoms with Crippen LogP contribution in [0.1, 0.15) is 21.7 Å². The van der Waals surface area contributed by atoms with E-state index in [2.05, 4.69) is 15.0 Å². The van der Waals surface area contributed by atoms with Crippen molar-refractivity contribution < 1.29 is 9.90 Å². The summed E-state index contributed by atoms with van der Waals surface area (Å²) in [6, 6.07) is 14.5. The zero-order valence-corrected chi connectivity index (χ0v) is 14.4. The number of hydrogen-bond donors (Lipinski definition) is 1. The van der Waals surface area contributed by atoms with Crippen LogP contribution < -0.4 is 0 Å². The molecule has 0 aliphatic rings. The van der Waals surface area contributed by atoms with E-state index >= 15 is 0 Å². The molecular formula is C20H13N3O2S. The summed E-state index contributed by atoms with van der Waals surface area (Å²) < 4.78 is 0. The zero-order chi connectivity index (χ0) is 17.9. The number of fused-ring (bicyclic) bond motifs is 1. The van der Waals surface area contributed by atoms with E-state index < -0.39 is 5.97 Å². The van der Waals surface area contributed by atoms with Gasteiger partial charge in [-0.25, -0.2) is 14.8 Å². The Morgan fingerprint density at radius 2 is 1.81 bits per heavy atom. The Kier molecular flexibility index (Phi) is 4.25. The lowest BCUT2D eigenvalue weighted by molar-refractivity contribution is 0.0699. The number of carboxylic acid groups (broad SMARTS) is 1. The fourth-order valence-corrected chi connectivity index (χ4v) is 3.36. The lowest BCUT2D eigenvalue weighted by Gasteiger charge is -2.03. The first-order valence-corrected chi connectivity index (χ1v) is 8.77. The highest BCUT2D eigenvalue weighted by atomic mass is 32.1. The molecule has 0 atom stereocenters. The molecule has 0 unspecified atom stereocenters. The van der Waals surface area contributed by atoms with Crippen LogP contribution in [-0.4, -0.2) is 26.0 Å². The van der Waals surface area contributed by atoms with E-state index in [1.807, 2.05) is 35.7 Å². The molecule has 4 aromatic rings. The monoisotopic (exact) mass is 359 g/mol. The molecule has 6 heteroatoms. The van der Waals surface area contributed by atoms with Gasteiger partial charge in [-0.3, -0.25) is 4.98 Å². The van der Waals surface area contributed by atoms with Crippen molar-refractivity contribution in [2.75, 3.05) is 0 Å². The van der Waals surface area contributed by atoms with Gasteiger partial charge >= 0.3 is 5.97 Å². The second-order valence-electron chi connectivity index (χ2n) is 5.54. The first-order chi connectivity index (χ1) is 12.7. The quantitative estimate of drug-likeness (QED) is 0.575. The molecule has 0 saturated carbocycles. The number of hydrogen-bond acceptors (Lipinski definition) is 5. The summed E-state index contributed by atoms with van der Waals surface area (Å²) in [7, 11) is 0. The van der Waals surface area contributed by atoms with Crippen molar-refractivity contribution in [3.8, 4) is 10.7 Å². The van der Waals surface area contributed by atoms with E-state index in [4.69, 9.17) is 0 Å². The molecule has 0 amide bonds. The van der Waals surface area contributed by atoms with Gasteiger partial charge in [0.2, 0.25) is 0 Å². The summed E-state index contributed by atoms with van der Waals surface area (Å²) in [5, 5.41) is 12.8. The SMILES string of the molecule is O=C(O)c1cc(/C=C\c2csc(-c3ccccn3)n2)nc2ccccc12. The van der Waals surface area contributed by atoms with Crippen molar-refractivity contribution >= 4 is 40.4 Å². The molecule has 3 aromatic heterocycles. The van der Waals surface area contributed by atoms with Gasteiger partial charge in [-0.2, -0.15) is 0 Å². The molecule has 0 saturated heterocycles. The van der Waals surface area contributed by atoms with Crippen LogP contribution in [0.25, 0.3) is 33.8 Å². The number of aromatic carboxylic acids is 1. The maximum absolute atomic E-state index is 11.5. The van der Waals surface area contributed by atoms with Gasteiger partial charge in [-0.1, -0.05) is 24.3 Å². The Bertz CT molecular complexity index is 1120. The van der Waals surface area contributed by atoms with E-state index in [0.717, 1.165) is 16.4 Å². The second kappa shape index (κ2) is 6.85. The summed E-state index contributed by atoms with van der Waals surface area (Å²) in [6.45, 7) is 0. The van der Waals surface area contributed by atoms with E-state index in [1.54, 1.807) is 36.5 Å². The number of carbonyl (C=O) groups is 1. The number of rotatable bonds is 4. The Hall–Kier alpha value is -3.38. The predicted octanol–water partition coefficient (Wildman–Crippen LogP) is 4.62. The molecular weight excluding hydrogens is 346 g/mol. The van der Waals surface area contributed by atoms with Crippen LogP contribution in [0.2, 0.25) is 0 Å². The van der Waals surface area contributed by atoms with Crippen LogP contribution in [0, 0.1) is 0 Å². The highest BCUT2D eigenvalue weighted by Crippen LogP contribution is 2.23. The third-order valence-corrected chi connectivity index (χ3v) is 4.68. The highest BCUT2D eigenvalue weighted by molar-refractivity contribution is 7.13. The topological polar surface area (TPSA) is 76.0 Å².